The Labute approximate surface area is 149 Å². The molecular formula is C19H16N4O3. The molecule has 0 bridgehead atoms. The molecule has 7 nitrogen and oxygen atoms in total. The van der Waals surface area contributed by atoms with Crippen LogP contribution >= 0.6 is 0 Å². The Hall–Kier alpha value is -3.61. The summed E-state index contributed by atoms with van der Waals surface area (Å²) >= 11 is 0. The summed E-state index contributed by atoms with van der Waals surface area (Å²) in [6, 6.07) is 12.7. The Bertz CT molecular complexity index is 992. The van der Waals surface area contributed by atoms with Crippen LogP contribution in [-0.2, 0) is 6.42 Å². The minimum absolute atomic E-state index is 0.0513. The van der Waals surface area contributed by atoms with Gasteiger partial charge in [0.1, 0.15) is 0 Å². The molecule has 2 aromatic heterocycles. The Kier molecular flexibility index (Phi) is 3.89. The average molecular weight is 348 g/mol. The van der Waals surface area contributed by atoms with Gasteiger partial charge in [0.05, 0.1) is 11.3 Å². The van der Waals surface area contributed by atoms with E-state index in [4.69, 9.17) is 5.11 Å². The zero-order valence-corrected chi connectivity index (χ0v) is 13.7. The van der Waals surface area contributed by atoms with E-state index in [0.717, 1.165) is 34.6 Å². The number of nitrogens with zero attached hydrogens (tertiary/aromatic N) is 1. The number of H-pyrrole nitrogens is 1. The molecule has 4 N–H and O–H groups in total. The number of rotatable bonds is 3. The van der Waals surface area contributed by atoms with Gasteiger partial charge < -0.3 is 15.4 Å². The number of carbonyl (C=O) groups excluding carboxylic acids is 1. The molecule has 0 spiro atoms. The van der Waals surface area contributed by atoms with Crippen molar-refractivity contribution >= 4 is 17.7 Å². The summed E-state index contributed by atoms with van der Waals surface area (Å²) in [5.74, 6) is -0.0513. The average Bonchev–Trinajstić information content (AvgIpc) is 3.08. The molecular weight excluding hydrogens is 332 g/mol. The van der Waals surface area contributed by atoms with E-state index in [-0.39, 0.29) is 5.91 Å². The largest absolute Gasteiger partial charge is 0.465 e. The first-order valence-corrected chi connectivity index (χ1v) is 8.17. The number of fused-ring (bicyclic) bond motifs is 1. The maximum absolute atomic E-state index is 11.9. The summed E-state index contributed by atoms with van der Waals surface area (Å²) in [6.45, 7) is 0.643. The first-order valence-electron chi connectivity index (χ1n) is 8.17. The van der Waals surface area contributed by atoms with Gasteiger partial charge in [-0.15, -0.1) is 0 Å². The summed E-state index contributed by atoms with van der Waals surface area (Å²) in [6.07, 6.45) is 1.41. The molecule has 1 aromatic carbocycles. The van der Waals surface area contributed by atoms with Gasteiger partial charge in [-0.25, -0.2) is 4.79 Å². The van der Waals surface area contributed by atoms with Crippen LogP contribution in [0.15, 0.2) is 48.7 Å². The second-order valence-corrected chi connectivity index (χ2v) is 6.02. The van der Waals surface area contributed by atoms with E-state index >= 15 is 0 Å². The molecule has 0 unspecified atom stereocenters. The smallest absolute Gasteiger partial charge is 0.409 e. The van der Waals surface area contributed by atoms with Crippen molar-refractivity contribution in [3.8, 4) is 22.5 Å². The fourth-order valence-electron chi connectivity index (χ4n) is 3.05. The number of aromatic nitrogens is 2. The molecule has 0 aliphatic carbocycles. The van der Waals surface area contributed by atoms with Crippen LogP contribution in [0.1, 0.15) is 16.1 Å². The third-order valence-corrected chi connectivity index (χ3v) is 4.31. The maximum atomic E-state index is 11.9. The molecule has 7 heteroatoms. The molecule has 0 saturated carbocycles. The van der Waals surface area contributed by atoms with E-state index in [9.17, 15) is 9.59 Å². The number of anilines is 1. The van der Waals surface area contributed by atoms with E-state index < -0.39 is 6.09 Å². The van der Waals surface area contributed by atoms with Crippen LogP contribution in [0.3, 0.4) is 0 Å². The van der Waals surface area contributed by atoms with Crippen molar-refractivity contribution in [2.45, 2.75) is 6.42 Å². The highest BCUT2D eigenvalue weighted by atomic mass is 16.4. The van der Waals surface area contributed by atoms with Crippen LogP contribution in [0, 0.1) is 0 Å². The van der Waals surface area contributed by atoms with E-state index in [1.54, 1.807) is 18.3 Å². The fraction of sp³-hybridized carbons (Fsp3) is 0.105. The third kappa shape index (κ3) is 3.02. The van der Waals surface area contributed by atoms with Crippen molar-refractivity contribution in [1.29, 1.82) is 0 Å². The lowest BCUT2D eigenvalue weighted by atomic mass is 10.1. The first-order chi connectivity index (χ1) is 12.6. The van der Waals surface area contributed by atoms with Gasteiger partial charge in [0.2, 0.25) is 0 Å². The van der Waals surface area contributed by atoms with E-state index in [2.05, 4.69) is 20.6 Å². The molecule has 26 heavy (non-hydrogen) atoms. The molecule has 3 heterocycles. The minimum Gasteiger partial charge on any atom is -0.465 e. The first kappa shape index (κ1) is 15.9. The summed E-state index contributed by atoms with van der Waals surface area (Å²) < 4.78 is 0. The van der Waals surface area contributed by atoms with Crippen LogP contribution in [0.4, 0.5) is 10.5 Å². The number of hydrogen-bond donors (Lipinski definition) is 4. The molecule has 0 radical (unpaired) electrons. The SMILES string of the molecule is O=C(O)Nc1ccc(-c2cc(-c3cc4c([nH]3)CCNC4=O)ccn2)cc1. The van der Waals surface area contributed by atoms with E-state index in [0.29, 0.717) is 17.8 Å². The molecule has 130 valence electrons. The van der Waals surface area contributed by atoms with Gasteiger partial charge >= 0.3 is 6.09 Å². The molecule has 1 aliphatic rings. The van der Waals surface area contributed by atoms with E-state index in [1.807, 2.05) is 30.3 Å². The minimum atomic E-state index is -1.10. The molecule has 0 saturated heterocycles. The molecule has 3 aromatic rings. The zero-order chi connectivity index (χ0) is 18.1. The maximum Gasteiger partial charge on any atom is 0.409 e. The zero-order valence-electron chi connectivity index (χ0n) is 13.7. The Morgan fingerprint density at radius 3 is 2.65 bits per heavy atom. The second-order valence-electron chi connectivity index (χ2n) is 6.02. The van der Waals surface area contributed by atoms with Crippen molar-refractivity contribution < 1.29 is 14.7 Å². The van der Waals surface area contributed by atoms with Crippen LogP contribution in [0.2, 0.25) is 0 Å². The number of carbonyl (C=O) groups is 2. The van der Waals surface area contributed by atoms with Crippen molar-refractivity contribution in [2.24, 2.45) is 0 Å². The number of carboxylic acid groups (broad SMARTS) is 1. The quantitative estimate of drug-likeness (QED) is 0.583. The van der Waals surface area contributed by atoms with Gasteiger partial charge in [0, 0.05) is 47.4 Å². The van der Waals surface area contributed by atoms with Gasteiger partial charge in [-0.3, -0.25) is 15.1 Å². The molecule has 4 rings (SSSR count). The van der Waals surface area contributed by atoms with Crippen molar-refractivity contribution in [3.05, 3.63) is 59.9 Å². The monoisotopic (exact) mass is 348 g/mol. The summed E-state index contributed by atoms with van der Waals surface area (Å²) in [7, 11) is 0. The number of aromatic amines is 1. The third-order valence-electron chi connectivity index (χ3n) is 4.31. The fourth-order valence-corrected chi connectivity index (χ4v) is 3.05. The van der Waals surface area contributed by atoms with Crippen molar-refractivity contribution in [1.82, 2.24) is 15.3 Å². The predicted octanol–water partition coefficient (Wildman–Crippen LogP) is 3.12. The number of pyridine rings is 1. The number of hydrogen-bond acceptors (Lipinski definition) is 3. The van der Waals surface area contributed by atoms with E-state index in [1.165, 1.54) is 0 Å². The van der Waals surface area contributed by atoms with Crippen molar-refractivity contribution in [2.75, 3.05) is 11.9 Å². The lowest BCUT2D eigenvalue weighted by molar-refractivity contribution is 0.0946. The van der Waals surface area contributed by atoms with Gasteiger partial charge in [0.15, 0.2) is 0 Å². The highest BCUT2D eigenvalue weighted by Crippen LogP contribution is 2.27. The highest BCUT2D eigenvalue weighted by Gasteiger charge is 2.20. The second kappa shape index (κ2) is 6.36. The summed E-state index contributed by atoms with van der Waals surface area (Å²) in [4.78, 5) is 30.3. The van der Waals surface area contributed by atoms with Gasteiger partial charge in [0.25, 0.3) is 5.91 Å². The predicted molar refractivity (Wildman–Crippen MR) is 97.1 cm³/mol. The highest BCUT2D eigenvalue weighted by molar-refractivity contribution is 5.97. The van der Waals surface area contributed by atoms with Crippen LogP contribution in [0.25, 0.3) is 22.5 Å². The topological polar surface area (TPSA) is 107 Å². The number of benzene rings is 1. The Morgan fingerprint density at radius 2 is 1.92 bits per heavy atom. The molecule has 2 amide bonds. The van der Waals surface area contributed by atoms with Crippen LogP contribution in [0.5, 0.6) is 0 Å². The van der Waals surface area contributed by atoms with Crippen molar-refractivity contribution in [3.63, 3.8) is 0 Å². The van der Waals surface area contributed by atoms with Gasteiger partial charge in [-0.05, 0) is 30.3 Å². The van der Waals surface area contributed by atoms with Crippen LogP contribution < -0.4 is 10.6 Å². The Morgan fingerprint density at radius 1 is 1.12 bits per heavy atom. The lowest BCUT2D eigenvalue weighted by Gasteiger charge is -2.11. The summed E-state index contributed by atoms with van der Waals surface area (Å²) in [5.41, 5.74) is 5.59. The Balaban J connectivity index is 1.65. The standard InChI is InChI=1S/C19H16N4O3/c24-18-14-10-17(23-15(14)6-8-21-18)12-5-7-20-16(9-12)11-1-3-13(4-2-11)22-19(25)26/h1-5,7,9-10,22-23H,6,8H2,(H,21,24)(H,25,26). The van der Waals surface area contributed by atoms with Crippen LogP contribution in [-0.4, -0.2) is 33.6 Å². The lowest BCUT2D eigenvalue weighted by Crippen LogP contribution is -2.31. The molecule has 0 atom stereocenters. The number of nitrogens with one attached hydrogen (secondary N) is 3. The molecule has 1 aliphatic heterocycles. The summed E-state index contributed by atoms with van der Waals surface area (Å²) in [5, 5.41) is 13.9. The molecule has 0 fully saturated rings. The normalized spacial score (nSPS) is 13.0. The van der Waals surface area contributed by atoms with Gasteiger partial charge in [-0.2, -0.15) is 0 Å². The van der Waals surface area contributed by atoms with Gasteiger partial charge in [-0.1, -0.05) is 12.1 Å². The number of amides is 2.